The van der Waals surface area contributed by atoms with Gasteiger partial charge in [-0.3, -0.25) is 4.72 Å². The molecule has 0 aromatic heterocycles. The number of ether oxygens (including phenoxy) is 1. The van der Waals surface area contributed by atoms with Gasteiger partial charge in [0, 0.05) is 6.42 Å². The highest BCUT2D eigenvalue weighted by Crippen LogP contribution is 2.40. The fourth-order valence-electron chi connectivity index (χ4n) is 6.48. The molecule has 4 aromatic carbocycles. The third kappa shape index (κ3) is 8.01. The van der Waals surface area contributed by atoms with Gasteiger partial charge in [-0.1, -0.05) is 123 Å². The summed E-state index contributed by atoms with van der Waals surface area (Å²) in [6.07, 6.45) is 3.07. The molecule has 2 atom stereocenters. The van der Waals surface area contributed by atoms with Gasteiger partial charge < -0.3 is 14.3 Å². The molecule has 1 fully saturated rings. The Kier molecular flexibility index (Phi) is 10.8. The van der Waals surface area contributed by atoms with Crippen LogP contribution in [0, 0.1) is 6.92 Å². The summed E-state index contributed by atoms with van der Waals surface area (Å²) in [5.41, 5.74) is 3.59. The summed E-state index contributed by atoms with van der Waals surface area (Å²) in [4.78, 5) is 0.183. The van der Waals surface area contributed by atoms with Crippen molar-refractivity contribution in [3.05, 3.63) is 131 Å². The highest BCUT2D eigenvalue weighted by Gasteiger charge is 2.51. The maximum absolute atomic E-state index is 13.5. The van der Waals surface area contributed by atoms with Crippen molar-refractivity contribution in [3.63, 3.8) is 0 Å². The normalized spacial score (nSPS) is 17.1. The lowest BCUT2D eigenvalue weighted by Crippen LogP contribution is -2.66. The molecule has 0 bridgehead atoms. The minimum absolute atomic E-state index is 0.183. The second-order valence-corrected chi connectivity index (χ2v) is 20.2. The molecule has 1 aliphatic heterocycles. The van der Waals surface area contributed by atoms with Gasteiger partial charge in [0.15, 0.2) is 0 Å². The number of rotatable bonds is 14. The first kappa shape index (κ1) is 35.8. The lowest BCUT2D eigenvalue weighted by molar-refractivity contribution is 0.0702. The van der Waals surface area contributed by atoms with Crippen LogP contribution in [-0.4, -0.2) is 40.2 Å². The molecule has 4 aromatic rings. The zero-order valence-electron chi connectivity index (χ0n) is 29.0. The van der Waals surface area contributed by atoms with E-state index in [1.165, 1.54) is 15.9 Å². The molecule has 0 amide bonds. The lowest BCUT2D eigenvalue weighted by Gasteiger charge is -2.43. The average Bonchev–Trinajstić information content (AvgIpc) is 3.84. The van der Waals surface area contributed by atoms with Crippen LogP contribution in [0.1, 0.15) is 64.2 Å². The number of aliphatic hydroxyl groups is 1. The zero-order chi connectivity index (χ0) is 34.6. The van der Waals surface area contributed by atoms with Crippen LogP contribution in [-0.2, 0) is 32.2 Å². The second-order valence-electron chi connectivity index (χ2n) is 14.3. The van der Waals surface area contributed by atoms with Crippen molar-refractivity contribution in [2.45, 2.75) is 89.1 Å². The number of hydrogen-bond acceptors (Lipinski definition) is 5. The molecule has 0 unspecified atom stereocenters. The van der Waals surface area contributed by atoms with E-state index in [0.717, 1.165) is 17.5 Å². The molecule has 1 saturated heterocycles. The highest BCUT2D eigenvalue weighted by atomic mass is 32.2. The van der Waals surface area contributed by atoms with Gasteiger partial charge in [0.2, 0.25) is 0 Å². The molecule has 48 heavy (non-hydrogen) atoms. The van der Waals surface area contributed by atoms with Crippen molar-refractivity contribution in [3.8, 4) is 0 Å². The number of anilines is 1. The molecule has 0 radical (unpaired) electrons. The molecule has 1 heterocycles. The summed E-state index contributed by atoms with van der Waals surface area (Å²) in [5, 5.41) is 13.7. The van der Waals surface area contributed by atoms with E-state index in [1.54, 1.807) is 30.3 Å². The summed E-state index contributed by atoms with van der Waals surface area (Å²) < 4.78 is 42.9. The first-order chi connectivity index (χ1) is 22.8. The topological polar surface area (TPSA) is 88.2 Å². The molecule has 254 valence electrons. The molecular weight excluding hydrogens is 635 g/mol. The third-order valence-corrected chi connectivity index (χ3v) is 15.6. The highest BCUT2D eigenvalue weighted by molar-refractivity contribution is 7.92. The van der Waals surface area contributed by atoms with Gasteiger partial charge in [-0.05, 0) is 78.4 Å². The third-order valence-electron chi connectivity index (χ3n) is 9.27. The first-order valence-electron chi connectivity index (χ1n) is 16.7. The van der Waals surface area contributed by atoms with Gasteiger partial charge in [0.05, 0.1) is 29.9 Å². The van der Waals surface area contributed by atoms with Crippen LogP contribution in [0.2, 0.25) is 5.04 Å². The van der Waals surface area contributed by atoms with Crippen LogP contribution in [0.3, 0.4) is 0 Å². The predicted octanol–water partition coefficient (Wildman–Crippen LogP) is 7.29. The monoisotopic (exact) mass is 683 g/mol. The first-order valence-corrected chi connectivity index (χ1v) is 20.1. The lowest BCUT2D eigenvalue weighted by atomic mass is 9.91. The number of benzene rings is 4. The van der Waals surface area contributed by atoms with Crippen LogP contribution in [0.4, 0.5) is 5.69 Å². The molecule has 0 aliphatic carbocycles. The van der Waals surface area contributed by atoms with Crippen LogP contribution in [0.15, 0.2) is 120 Å². The predicted molar refractivity (Wildman–Crippen MR) is 198 cm³/mol. The number of allylic oxidation sites excluding steroid dienone is 2. The molecule has 8 heteroatoms. The average molecular weight is 684 g/mol. The Hall–Kier alpha value is -3.53. The SMILES string of the molecule is CC(C)=CCC[C@@]1([C@H](O)Cc2cc(CO[Si](c3ccccc3)(c3ccccc3)C(C)(C)C)ccc2NS(=O)(=O)c2ccc(C)cc2)CO1. The summed E-state index contributed by atoms with van der Waals surface area (Å²) >= 11 is 0. The van der Waals surface area contributed by atoms with Crippen molar-refractivity contribution >= 4 is 34.4 Å². The van der Waals surface area contributed by atoms with Gasteiger partial charge in [-0.2, -0.15) is 0 Å². The standard InChI is InChI=1S/C40H49NO5SSi/c1-30(2)14-13-25-40(29-45-40)38(42)27-33-26-32(21-24-37(33)41-47(43,44)34-22-19-31(3)20-23-34)28-46-48(39(4,5)6,35-15-9-7-10-16-35)36-17-11-8-12-18-36/h7-12,14-24,26,38,41-42H,13,25,27-29H2,1-6H3/t38-,40+/m1/s1. The Bertz CT molecular complexity index is 1770. The Morgan fingerprint density at radius 2 is 1.54 bits per heavy atom. The van der Waals surface area contributed by atoms with E-state index in [-0.39, 0.29) is 16.4 Å². The molecule has 6 nitrogen and oxygen atoms in total. The van der Waals surface area contributed by atoms with E-state index in [0.29, 0.717) is 30.9 Å². The van der Waals surface area contributed by atoms with Gasteiger partial charge in [-0.25, -0.2) is 8.42 Å². The van der Waals surface area contributed by atoms with Gasteiger partial charge in [0.1, 0.15) is 5.60 Å². The summed E-state index contributed by atoms with van der Waals surface area (Å²) in [5.74, 6) is 0. The Labute approximate surface area is 288 Å². The Balaban J connectivity index is 1.50. The van der Waals surface area contributed by atoms with E-state index < -0.39 is 30.0 Å². The molecule has 1 aliphatic rings. The molecule has 0 saturated carbocycles. The van der Waals surface area contributed by atoms with Gasteiger partial charge >= 0.3 is 0 Å². The van der Waals surface area contributed by atoms with Gasteiger partial charge in [-0.15, -0.1) is 0 Å². The van der Waals surface area contributed by atoms with E-state index >= 15 is 0 Å². The summed E-state index contributed by atoms with van der Waals surface area (Å²) in [6, 6.07) is 33.4. The number of aliphatic hydroxyl groups excluding tert-OH is 1. The number of epoxide rings is 1. The second kappa shape index (κ2) is 14.5. The maximum atomic E-state index is 13.5. The van der Waals surface area contributed by atoms with Crippen molar-refractivity contribution in [1.29, 1.82) is 0 Å². The van der Waals surface area contributed by atoms with E-state index in [2.05, 4.69) is 93.9 Å². The van der Waals surface area contributed by atoms with Crippen molar-refractivity contribution in [2.24, 2.45) is 0 Å². The summed E-state index contributed by atoms with van der Waals surface area (Å²) in [6.45, 7) is 13.6. The Morgan fingerprint density at radius 3 is 2.06 bits per heavy atom. The smallest absolute Gasteiger partial charge is 0.261 e. The molecular formula is C40H49NO5SSi. The zero-order valence-corrected chi connectivity index (χ0v) is 30.8. The minimum atomic E-state index is -3.87. The van der Waals surface area contributed by atoms with Crippen molar-refractivity contribution in [2.75, 3.05) is 11.3 Å². The van der Waals surface area contributed by atoms with Gasteiger partial charge in [0.25, 0.3) is 18.3 Å². The van der Waals surface area contributed by atoms with E-state index in [9.17, 15) is 13.5 Å². The van der Waals surface area contributed by atoms with Crippen LogP contribution in [0.5, 0.6) is 0 Å². The number of nitrogens with one attached hydrogen (secondary N) is 1. The number of sulfonamides is 1. The fraction of sp³-hybridized carbons (Fsp3) is 0.350. The van der Waals surface area contributed by atoms with E-state index in [1.807, 2.05) is 31.2 Å². The number of aryl methyl sites for hydroxylation is 1. The Morgan fingerprint density at radius 1 is 0.958 bits per heavy atom. The maximum Gasteiger partial charge on any atom is 0.261 e. The minimum Gasteiger partial charge on any atom is -0.403 e. The quantitative estimate of drug-likeness (QED) is 0.0828. The van der Waals surface area contributed by atoms with Crippen LogP contribution < -0.4 is 15.1 Å². The molecule has 0 spiro atoms. The number of hydrogen-bond donors (Lipinski definition) is 2. The fourth-order valence-corrected chi connectivity index (χ4v) is 12.1. The van der Waals surface area contributed by atoms with E-state index in [4.69, 9.17) is 9.16 Å². The van der Waals surface area contributed by atoms with Crippen LogP contribution >= 0.6 is 0 Å². The molecule has 5 rings (SSSR count). The largest absolute Gasteiger partial charge is 0.403 e. The summed E-state index contributed by atoms with van der Waals surface area (Å²) in [7, 11) is -6.68. The van der Waals surface area contributed by atoms with Crippen LogP contribution in [0.25, 0.3) is 0 Å². The molecule has 2 N–H and O–H groups in total. The van der Waals surface area contributed by atoms with Crippen molar-refractivity contribution < 1.29 is 22.7 Å². The van der Waals surface area contributed by atoms with Crippen molar-refractivity contribution in [1.82, 2.24) is 0 Å².